The molecule has 0 saturated heterocycles. The fourth-order valence-corrected chi connectivity index (χ4v) is 3.27. The lowest BCUT2D eigenvalue weighted by atomic mass is 10.3. The van der Waals surface area contributed by atoms with Crippen LogP contribution in [0.3, 0.4) is 0 Å². The van der Waals surface area contributed by atoms with Gasteiger partial charge in [-0.3, -0.25) is 0 Å². The highest BCUT2D eigenvalue weighted by molar-refractivity contribution is 7.89. The van der Waals surface area contributed by atoms with E-state index in [1.165, 1.54) is 17.1 Å². The molecular weight excluding hydrogens is 354 g/mol. The van der Waals surface area contributed by atoms with Crippen molar-refractivity contribution in [3.05, 3.63) is 67.0 Å². The maximum atomic E-state index is 12.4. The Bertz CT molecular complexity index is 955. The molecule has 3 aromatic rings. The van der Waals surface area contributed by atoms with Crippen molar-refractivity contribution in [3.63, 3.8) is 0 Å². The fraction of sp³-hybridized carbons (Fsp3) is 0.167. The van der Waals surface area contributed by atoms with E-state index in [9.17, 15) is 8.42 Å². The van der Waals surface area contributed by atoms with Crippen LogP contribution in [0.15, 0.2) is 71.9 Å². The first-order valence-electron chi connectivity index (χ1n) is 7.96. The number of aromatic nitrogens is 2. The van der Waals surface area contributed by atoms with Crippen LogP contribution in [0, 0.1) is 0 Å². The van der Waals surface area contributed by atoms with Crippen LogP contribution in [-0.2, 0) is 10.0 Å². The second-order valence-electron chi connectivity index (χ2n) is 5.35. The summed E-state index contributed by atoms with van der Waals surface area (Å²) in [4.78, 5) is 0.0960. The minimum atomic E-state index is -3.66. The van der Waals surface area contributed by atoms with Gasteiger partial charge >= 0.3 is 0 Å². The minimum absolute atomic E-state index is 0.0960. The van der Waals surface area contributed by atoms with Gasteiger partial charge in [-0.1, -0.05) is 30.3 Å². The van der Waals surface area contributed by atoms with Gasteiger partial charge < -0.3 is 9.47 Å². The lowest BCUT2D eigenvalue weighted by molar-refractivity contribution is 0.299. The molecule has 0 radical (unpaired) electrons. The average molecular weight is 373 g/mol. The number of nitrogens with one attached hydrogen (secondary N) is 1. The van der Waals surface area contributed by atoms with Gasteiger partial charge in [-0.15, -0.1) is 0 Å². The maximum absolute atomic E-state index is 12.4. The van der Waals surface area contributed by atoms with E-state index in [4.69, 9.17) is 9.47 Å². The van der Waals surface area contributed by atoms with E-state index in [2.05, 4.69) is 9.82 Å². The molecule has 1 N–H and O–H groups in total. The van der Waals surface area contributed by atoms with Crippen LogP contribution in [0.5, 0.6) is 11.5 Å². The predicted octanol–water partition coefficient (Wildman–Crippen LogP) is 2.24. The molecule has 26 heavy (non-hydrogen) atoms. The highest BCUT2D eigenvalue weighted by atomic mass is 32.2. The Kier molecular flexibility index (Phi) is 5.55. The second kappa shape index (κ2) is 8.03. The molecule has 8 heteroatoms. The minimum Gasteiger partial charge on any atom is -0.493 e. The van der Waals surface area contributed by atoms with Gasteiger partial charge in [-0.2, -0.15) is 5.10 Å². The van der Waals surface area contributed by atoms with E-state index in [1.807, 2.05) is 42.5 Å². The van der Waals surface area contributed by atoms with Gasteiger partial charge in [-0.25, -0.2) is 17.8 Å². The largest absolute Gasteiger partial charge is 0.493 e. The first-order chi connectivity index (χ1) is 12.6. The molecule has 1 aromatic heterocycles. The van der Waals surface area contributed by atoms with Crippen molar-refractivity contribution in [1.29, 1.82) is 0 Å². The molecule has 0 saturated carbocycles. The van der Waals surface area contributed by atoms with Crippen molar-refractivity contribution in [2.75, 3.05) is 20.3 Å². The molecule has 3 rings (SSSR count). The first-order valence-corrected chi connectivity index (χ1v) is 9.44. The third-order valence-corrected chi connectivity index (χ3v) is 5.03. The van der Waals surface area contributed by atoms with Crippen molar-refractivity contribution in [3.8, 4) is 17.2 Å². The van der Waals surface area contributed by atoms with Gasteiger partial charge in [0.05, 0.1) is 25.2 Å². The molecule has 136 valence electrons. The van der Waals surface area contributed by atoms with Gasteiger partial charge in [0.15, 0.2) is 11.5 Å². The molecule has 0 unspecified atom stereocenters. The van der Waals surface area contributed by atoms with Crippen molar-refractivity contribution in [2.45, 2.75) is 4.90 Å². The SMILES string of the molecule is COc1ccccc1OCCNS(=O)(=O)c1cnn(-c2ccccc2)c1. The number of methoxy groups -OCH3 is 1. The van der Waals surface area contributed by atoms with Crippen molar-refractivity contribution in [1.82, 2.24) is 14.5 Å². The van der Waals surface area contributed by atoms with Crippen LogP contribution < -0.4 is 14.2 Å². The van der Waals surface area contributed by atoms with Crippen LogP contribution in [0.25, 0.3) is 5.69 Å². The summed E-state index contributed by atoms with van der Waals surface area (Å²) in [6.07, 6.45) is 2.79. The summed E-state index contributed by atoms with van der Waals surface area (Å²) in [6, 6.07) is 16.5. The Morgan fingerprint density at radius 3 is 2.46 bits per heavy atom. The molecule has 0 aliphatic rings. The number of para-hydroxylation sites is 3. The third-order valence-electron chi connectivity index (χ3n) is 3.61. The molecule has 0 aliphatic heterocycles. The second-order valence-corrected chi connectivity index (χ2v) is 7.12. The molecule has 0 atom stereocenters. The number of benzene rings is 2. The summed E-state index contributed by atoms with van der Waals surface area (Å²) in [5, 5.41) is 4.10. The quantitative estimate of drug-likeness (QED) is 0.613. The topological polar surface area (TPSA) is 82.4 Å². The van der Waals surface area contributed by atoms with Gasteiger partial charge in [-0.05, 0) is 24.3 Å². The zero-order valence-electron chi connectivity index (χ0n) is 14.2. The van der Waals surface area contributed by atoms with Crippen molar-refractivity contribution < 1.29 is 17.9 Å². The Morgan fingerprint density at radius 1 is 1.04 bits per heavy atom. The molecule has 0 bridgehead atoms. The zero-order valence-corrected chi connectivity index (χ0v) is 15.0. The number of hydrogen-bond donors (Lipinski definition) is 1. The highest BCUT2D eigenvalue weighted by Gasteiger charge is 2.16. The number of sulfonamides is 1. The van der Waals surface area contributed by atoms with E-state index >= 15 is 0 Å². The maximum Gasteiger partial charge on any atom is 0.243 e. The monoisotopic (exact) mass is 373 g/mol. The zero-order chi connectivity index (χ0) is 18.4. The standard InChI is InChI=1S/C18H19N3O4S/c1-24-17-9-5-6-10-18(17)25-12-11-20-26(22,23)16-13-19-21(14-16)15-7-3-2-4-8-15/h2-10,13-14,20H,11-12H2,1H3. The first kappa shape index (κ1) is 18.0. The van der Waals surface area contributed by atoms with Crippen molar-refractivity contribution >= 4 is 10.0 Å². The number of ether oxygens (including phenoxy) is 2. The molecule has 2 aromatic carbocycles. The summed E-state index contributed by atoms with van der Waals surface area (Å²) < 4.78 is 39.5. The number of nitrogens with zero attached hydrogens (tertiary/aromatic N) is 2. The lowest BCUT2D eigenvalue weighted by Crippen LogP contribution is -2.28. The van der Waals surface area contributed by atoms with Gasteiger partial charge in [0.2, 0.25) is 10.0 Å². The number of rotatable bonds is 8. The molecule has 0 aliphatic carbocycles. The van der Waals surface area contributed by atoms with Gasteiger partial charge in [0.1, 0.15) is 11.5 Å². The normalized spacial score (nSPS) is 11.3. The summed E-state index contributed by atoms with van der Waals surface area (Å²) >= 11 is 0. The summed E-state index contributed by atoms with van der Waals surface area (Å²) in [7, 11) is -2.11. The Hall–Kier alpha value is -2.84. The molecule has 1 heterocycles. The van der Waals surface area contributed by atoms with Crippen molar-refractivity contribution in [2.24, 2.45) is 0 Å². The van der Waals surface area contributed by atoms with E-state index in [1.54, 1.807) is 19.2 Å². The fourth-order valence-electron chi connectivity index (χ4n) is 2.33. The summed E-state index contributed by atoms with van der Waals surface area (Å²) in [5.41, 5.74) is 0.786. The Morgan fingerprint density at radius 2 is 1.73 bits per heavy atom. The van der Waals surface area contributed by atoms with Crippen LogP contribution in [0.1, 0.15) is 0 Å². The Balaban J connectivity index is 1.59. The lowest BCUT2D eigenvalue weighted by Gasteiger charge is -2.10. The van der Waals surface area contributed by atoms with E-state index < -0.39 is 10.0 Å². The molecular formula is C18H19N3O4S. The summed E-state index contributed by atoms with van der Waals surface area (Å²) in [6.45, 7) is 0.295. The highest BCUT2D eigenvalue weighted by Crippen LogP contribution is 2.25. The molecule has 0 fully saturated rings. The average Bonchev–Trinajstić information content (AvgIpc) is 3.17. The van der Waals surface area contributed by atoms with E-state index in [0.717, 1.165) is 5.69 Å². The van der Waals surface area contributed by atoms with Crippen LogP contribution in [0.2, 0.25) is 0 Å². The Labute approximate surface area is 152 Å². The smallest absolute Gasteiger partial charge is 0.243 e. The molecule has 0 spiro atoms. The van der Waals surface area contributed by atoms with E-state index in [-0.39, 0.29) is 18.0 Å². The van der Waals surface area contributed by atoms with Crippen LogP contribution in [0.4, 0.5) is 0 Å². The van der Waals surface area contributed by atoms with Crippen LogP contribution >= 0.6 is 0 Å². The molecule has 0 amide bonds. The van der Waals surface area contributed by atoms with Crippen LogP contribution in [-0.4, -0.2) is 38.5 Å². The van der Waals surface area contributed by atoms with E-state index in [0.29, 0.717) is 11.5 Å². The number of hydrogen-bond acceptors (Lipinski definition) is 5. The summed E-state index contributed by atoms with van der Waals surface area (Å²) in [5.74, 6) is 1.16. The predicted molar refractivity (Wildman–Crippen MR) is 97.2 cm³/mol. The molecule has 7 nitrogen and oxygen atoms in total. The van der Waals surface area contributed by atoms with Gasteiger partial charge in [0.25, 0.3) is 0 Å². The van der Waals surface area contributed by atoms with Gasteiger partial charge in [0, 0.05) is 6.54 Å². The third kappa shape index (κ3) is 4.22.